The Kier molecular flexibility index (Phi) is 7.70. The third-order valence-corrected chi connectivity index (χ3v) is 8.37. The summed E-state index contributed by atoms with van der Waals surface area (Å²) in [6.45, 7) is 1.32. The number of halogens is 1. The van der Waals surface area contributed by atoms with Crippen LogP contribution < -0.4 is 14.9 Å². The molecule has 3 aromatic rings. The number of sulfonamides is 1. The highest BCUT2D eigenvalue weighted by Crippen LogP contribution is 2.29. The Morgan fingerprint density at radius 1 is 0.939 bits per heavy atom. The van der Waals surface area contributed by atoms with Crippen LogP contribution in [0.1, 0.15) is 25.7 Å². The maximum atomic E-state index is 12.5. The van der Waals surface area contributed by atoms with Gasteiger partial charge in [0.2, 0.25) is 16.0 Å². The Balaban J connectivity index is 1.28. The number of para-hydroxylation sites is 1. The fourth-order valence-electron chi connectivity index (χ4n) is 4.28. The molecule has 0 saturated heterocycles. The standard InChI is InChI=1S/C24H30IN5O2S/c1-30(2)23-21-5-3-4-6-22(21)28-24(29-23)26-15-17-7-9-18(10-8-17)16-27-33(31,32)20-13-11-19(25)12-14-20/h3-6,11-14,17-18,27H,7-10,15-16H2,1-2H3,(H,26,28,29). The van der Waals surface area contributed by atoms with Crippen molar-refractivity contribution in [2.24, 2.45) is 11.8 Å². The molecule has 1 aliphatic carbocycles. The topological polar surface area (TPSA) is 87.2 Å². The molecule has 0 bridgehead atoms. The van der Waals surface area contributed by atoms with Gasteiger partial charge in [-0.3, -0.25) is 0 Å². The number of fused-ring (bicyclic) bond motifs is 1. The van der Waals surface area contributed by atoms with Crippen molar-refractivity contribution in [2.45, 2.75) is 30.6 Å². The van der Waals surface area contributed by atoms with Crippen molar-refractivity contribution >= 4 is 55.3 Å². The lowest BCUT2D eigenvalue weighted by Gasteiger charge is -2.28. The van der Waals surface area contributed by atoms with Crippen LogP contribution in [0.3, 0.4) is 0 Å². The molecule has 0 spiro atoms. The van der Waals surface area contributed by atoms with Gasteiger partial charge in [-0.15, -0.1) is 0 Å². The highest BCUT2D eigenvalue weighted by atomic mass is 127. The third-order valence-electron chi connectivity index (χ3n) is 6.21. The Hall–Kier alpha value is -1.98. The van der Waals surface area contributed by atoms with E-state index in [9.17, 15) is 8.42 Å². The zero-order chi connectivity index (χ0) is 23.4. The van der Waals surface area contributed by atoms with Crippen molar-refractivity contribution in [3.8, 4) is 0 Å². The average Bonchev–Trinajstić information content (AvgIpc) is 2.82. The molecule has 0 unspecified atom stereocenters. The Bertz CT molecular complexity index is 1190. The number of nitrogens with one attached hydrogen (secondary N) is 2. The first kappa shape index (κ1) is 24.2. The zero-order valence-corrected chi connectivity index (χ0v) is 21.9. The van der Waals surface area contributed by atoms with Gasteiger partial charge in [-0.25, -0.2) is 18.1 Å². The summed E-state index contributed by atoms with van der Waals surface area (Å²) in [6, 6.07) is 15.0. The van der Waals surface area contributed by atoms with Crippen LogP contribution in [0, 0.1) is 15.4 Å². The SMILES string of the molecule is CN(C)c1nc(NCC2CCC(CNS(=O)(=O)c3ccc(I)cc3)CC2)nc2ccccc12. The zero-order valence-electron chi connectivity index (χ0n) is 19.0. The van der Waals surface area contributed by atoms with E-state index in [1.54, 1.807) is 12.1 Å². The molecule has 0 aliphatic heterocycles. The minimum Gasteiger partial charge on any atom is -0.362 e. The van der Waals surface area contributed by atoms with E-state index in [0.29, 0.717) is 29.2 Å². The maximum Gasteiger partial charge on any atom is 0.240 e. The minimum atomic E-state index is -3.45. The fraction of sp³-hybridized carbons (Fsp3) is 0.417. The van der Waals surface area contributed by atoms with Crippen LogP contribution in [0.5, 0.6) is 0 Å². The molecule has 33 heavy (non-hydrogen) atoms. The van der Waals surface area contributed by atoms with Gasteiger partial charge in [-0.2, -0.15) is 4.98 Å². The summed E-state index contributed by atoms with van der Waals surface area (Å²) in [7, 11) is 0.534. The van der Waals surface area contributed by atoms with Gasteiger partial charge in [0.25, 0.3) is 0 Å². The van der Waals surface area contributed by atoms with Crippen LogP contribution in [-0.4, -0.2) is 45.6 Å². The number of anilines is 2. The summed E-state index contributed by atoms with van der Waals surface area (Å²) in [5.41, 5.74) is 0.933. The van der Waals surface area contributed by atoms with E-state index in [-0.39, 0.29) is 0 Å². The molecule has 7 nitrogen and oxygen atoms in total. The molecule has 9 heteroatoms. The molecule has 2 N–H and O–H groups in total. The number of nitrogens with zero attached hydrogens (tertiary/aromatic N) is 3. The molecule has 2 aromatic carbocycles. The van der Waals surface area contributed by atoms with Gasteiger partial charge >= 0.3 is 0 Å². The summed E-state index contributed by atoms with van der Waals surface area (Å²) in [6.07, 6.45) is 4.17. The molecule has 0 radical (unpaired) electrons. The van der Waals surface area contributed by atoms with Crippen molar-refractivity contribution in [1.29, 1.82) is 0 Å². The van der Waals surface area contributed by atoms with Crippen LogP contribution in [-0.2, 0) is 10.0 Å². The van der Waals surface area contributed by atoms with Crippen LogP contribution in [0.4, 0.5) is 11.8 Å². The van der Waals surface area contributed by atoms with Gasteiger partial charge < -0.3 is 10.2 Å². The highest BCUT2D eigenvalue weighted by Gasteiger charge is 2.23. The summed E-state index contributed by atoms with van der Waals surface area (Å²) in [4.78, 5) is 11.7. The van der Waals surface area contributed by atoms with Gasteiger partial charge in [0, 0.05) is 36.1 Å². The second-order valence-electron chi connectivity index (χ2n) is 8.86. The number of hydrogen-bond acceptors (Lipinski definition) is 6. The van der Waals surface area contributed by atoms with Crippen molar-refractivity contribution in [2.75, 3.05) is 37.4 Å². The molecule has 4 rings (SSSR count). The first-order chi connectivity index (χ1) is 15.8. The largest absolute Gasteiger partial charge is 0.362 e. The van der Waals surface area contributed by atoms with Gasteiger partial charge in [0.05, 0.1) is 10.4 Å². The predicted octanol–water partition coefficient (Wildman–Crippen LogP) is 4.50. The molecule has 0 amide bonds. The quantitative estimate of drug-likeness (QED) is 0.383. The van der Waals surface area contributed by atoms with Gasteiger partial charge in [-0.1, -0.05) is 12.1 Å². The molecule has 176 valence electrons. The fourth-order valence-corrected chi connectivity index (χ4v) is 5.76. The normalized spacial score (nSPS) is 18.9. The first-order valence-corrected chi connectivity index (χ1v) is 13.8. The summed E-state index contributed by atoms with van der Waals surface area (Å²) >= 11 is 2.17. The van der Waals surface area contributed by atoms with Crippen molar-refractivity contribution < 1.29 is 8.42 Å². The molecule has 1 saturated carbocycles. The highest BCUT2D eigenvalue weighted by molar-refractivity contribution is 14.1. The van der Waals surface area contributed by atoms with E-state index >= 15 is 0 Å². The monoisotopic (exact) mass is 579 g/mol. The smallest absolute Gasteiger partial charge is 0.240 e. The molecule has 1 aliphatic rings. The van der Waals surface area contributed by atoms with Crippen molar-refractivity contribution in [3.63, 3.8) is 0 Å². The number of aromatic nitrogens is 2. The van der Waals surface area contributed by atoms with Gasteiger partial charge in [0.1, 0.15) is 5.82 Å². The predicted molar refractivity (Wildman–Crippen MR) is 142 cm³/mol. The second-order valence-corrected chi connectivity index (χ2v) is 11.9. The first-order valence-electron chi connectivity index (χ1n) is 11.2. The molecule has 1 aromatic heterocycles. The van der Waals surface area contributed by atoms with Crippen LogP contribution >= 0.6 is 22.6 Å². The van der Waals surface area contributed by atoms with E-state index < -0.39 is 10.0 Å². The minimum absolute atomic E-state index is 0.327. The molecular formula is C24H30IN5O2S. The van der Waals surface area contributed by atoms with Crippen LogP contribution in [0.15, 0.2) is 53.4 Å². The van der Waals surface area contributed by atoms with Gasteiger partial charge in [0.15, 0.2) is 0 Å². The van der Waals surface area contributed by atoms with Crippen molar-refractivity contribution in [1.82, 2.24) is 14.7 Å². The van der Waals surface area contributed by atoms with Gasteiger partial charge in [-0.05, 0) is 96.5 Å². The Labute approximate surface area is 209 Å². The lowest BCUT2D eigenvalue weighted by molar-refractivity contribution is 0.284. The lowest BCUT2D eigenvalue weighted by atomic mass is 9.82. The number of benzene rings is 2. The third kappa shape index (κ3) is 6.13. The van der Waals surface area contributed by atoms with E-state index in [0.717, 1.165) is 52.5 Å². The summed E-state index contributed by atoms with van der Waals surface area (Å²) in [5.74, 6) is 2.47. The lowest BCUT2D eigenvalue weighted by Crippen LogP contribution is -2.32. The summed E-state index contributed by atoms with van der Waals surface area (Å²) < 4.78 is 28.9. The molecule has 0 atom stereocenters. The van der Waals surface area contributed by atoms with E-state index in [1.165, 1.54) is 0 Å². The Morgan fingerprint density at radius 3 is 2.24 bits per heavy atom. The van der Waals surface area contributed by atoms with Crippen LogP contribution in [0.2, 0.25) is 0 Å². The van der Waals surface area contributed by atoms with E-state index in [1.807, 2.05) is 55.4 Å². The molecule has 1 fully saturated rings. The number of hydrogen-bond donors (Lipinski definition) is 2. The maximum absolute atomic E-state index is 12.5. The molecular weight excluding hydrogens is 549 g/mol. The van der Waals surface area contributed by atoms with E-state index in [2.05, 4.69) is 37.6 Å². The van der Waals surface area contributed by atoms with Crippen LogP contribution in [0.25, 0.3) is 10.9 Å². The van der Waals surface area contributed by atoms with E-state index in [4.69, 9.17) is 4.98 Å². The second kappa shape index (κ2) is 10.5. The Morgan fingerprint density at radius 2 is 1.58 bits per heavy atom. The average molecular weight is 580 g/mol. The molecule has 1 heterocycles. The summed E-state index contributed by atoms with van der Waals surface area (Å²) in [5, 5.41) is 4.48. The number of rotatable bonds is 8. The van der Waals surface area contributed by atoms with Crippen molar-refractivity contribution in [3.05, 3.63) is 52.1 Å².